The standard InChI is InChI=1S/C21H20N2O6S/c1-4-10-23-19(24)17-9-8-15(12-18(17)20(23)25)21(26)29-13-14-6-5-7-16(11-14)30(27,28)22(2)3/h4-9,11-12H,1,10,13H2,2-3H3. The van der Waals surface area contributed by atoms with E-state index in [4.69, 9.17) is 4.74 Å². The number of hydrogen-bond donors (Lipinski definition) is 0. The molecular weight excluding hydrogens is 408 g/mol. The molecule has 0 aromatic heterocycles. The number of benzene rings is 2. The van der Waals surface area contributed by atoms with Gasteiger partial charge in [-0.05, 0) is 35.9 Å². The smallest absolute Gasteiger partial charge is 0.338 e. The molecule has 8 nitrogen and oxygen atoms in total. The predicted molar refractivity (Wildman–Crippen MR) is 108 cm³/mol. The Morgan fingerprint density at radius 2 is 1.80 bits per heavy atom. The molecule has 0 spiro atoms. The normalized spacial score (nSPS) is 13.5. The van der Waals surface area contributed by atoms with Crippen LogP contribution in [0.4, 0.5) is 0 Å². The van der Waals surface area contributed by atoms with Gasteiger partial charge < -0.3 is 4.74 Å². The number of fused-ring (bicyclic) bond motifs is 1. The number of hydrogen-bond acceptors (Lipinski definition) is 6. The van der Waals surface area contributed by atoms with Gasteiger partial charge in [0.2, 0.25) is 10.0 Å². The molecule has 0 bridgehead atoms. The second kappa shape index (κ2) is 8.21. The fourth-order valence-corrected chi connectivity index (χ4v) is 3.92. The van der Waals surface area contributed by atoms with Crippen LogP contribution in [0, 0.1) is 0 Å². The summed E-state index contributed by atoms with van der Waals surface area (Å²) in [5.41, 5.74) is 0.971. The third kappa shape index (κ3) is 3.89. The van der Waals surface area contributed by atoms with Crippen molar-refractivity contribution in [1.29, 1.82) is 0 Å². The van der Waals surface area contributed by atoms with Crippen molar-refractivity contribution in [3.63, 3.8) is 0 Å². The lowest BCUT2D eigenvalue weighted by Gasteiger charge is -2.12. The van der Waals surface area contributed by atoms with Gasteiger partial charge in [-0.15, -0.1) is 6.58 Å². The summed E-state index contributed by atoms with van der Waals surface area (Å²) < 4.78 is 30.8. The average molecular weight is 428 g/mol. The molecule has 1 aliphatic rings. The number of sulfonamides is 1. The summed E-state index contributed by atoms with van der Waals surface area (Å²) in [7, 11) is -0.749. The minimum absolute atomic E-state index is 0.0817. The van der Waals surface area contributed by atoms with E-state index in [2.05, 4.69) is 6.58 Å². The molecule has 9 heteroatoms. The van der Waals surface area contributed by atoms with E-state index in [-0.39, 0.29) is 34.7 Å². The monoisotopic (exact) mass is 428 g/mol. The first-order valence-electron chi connectivity index (χ1n) is 8.96. The molecule has 0 saturated heterocycles. The molecule has 0 atom stereocenters. The van der Waals surface area contributed by atoms with Gasteiger partial charge in [-0.3, -0.25) is 14.5 Å². The van der Waals surface area contributed by atoms with Crippen molar-refractivity contribution in [2.75, 3.05) is 20.6 Å². The molecule has 30 heavy (non-hydrogen) atoms. The highest BCUT2D eigenvalue weighted by atomic mass is 32.2. The maximum Gasteiger partial charge on any atom is 0.338 e. The lowest BCUT2D eigenvalue weighted by molar-refractivity contribution is 0.0472. The minimum Gasteiger partial charge on any atom is -0.457 e. The zero-order chi connectivity index (χ0) is 22.1. The molecule has 3 rings (SSSR count). The Kier molecular flexibility index (Phi) is 5.86. The van der Waals surface area contributed by atoms with Crippen molar-refractivity contribution in [1.82, 2.24) is 9.21 Å². The second-order valence-electron chi connectivity index (χ2n) is 6.78. The van der Waals surface area contributed by atoms with Crippen LogP contribution < -0.4 is 0 Å². The summed E-state index contributed by atoms with van der Waals surface area (Å²) >= 11 is 0. The number of rotatable bonds is 7. The van der Waals surface area contributed by atoms with Crippen LogP contribution in [0.3, 0.4) is 0 Å². The Labute approximate surface area is 174 Å². The fourth-order valence-electron chi connectivity index (χ4n) is 2.95. The summed E-state index contributed by atoms with van der Waals surface area (Å²) in [6.07, 6.45) is 1.45. The van der Waals surface area contributed by atoms with Crippen LogP contribution in [0.25, 0.3) is 0 Å². The predicted octanol–water partition coefficient (Wildman–Crippen LogP) is 2.08. The van der Waals surface area contributed by atoms with Crippen LogP contribution in [0.1, 0.15) is 36.6 Å². The number of carbonyl (C=O) groups is 3. The van der Waals surface area contributed by atoms with Gasteiger partial charge in [0.05, 0.1) is 21.6 Å². The van der Waals surface area contributed by atoms with E-state index in [0.29, 0.717) is 5.56 Å². The highest BCUT2D eigenvalue weighted by molar-refractivity contribution is 7.89. The van der Waals surface area contributed by atoms with Gasteiger partial charge in [0, 0.05) is 20.6 Å². The first-order valence-corrected chi connectivity index (χ1v) is 10.4. The van der Waals surface area contributed by atoms with E-state index in [0.717, 1.165) is 9.21 Å². The average Bonchev–Trinajstić information content (AvgIpc) is 2.96. The lowest BCUT2D eigenvalue weighted by Crippen LogP contribution is -2.29. The summed E-state index contributed by atoms with van der Waals surface area (Å²) in [4.78, 5) is 38.2. The minimum atomic E-state index is -3.61. The highest BCUT2D eigenvalue weighted by Crippen LogP contribution is 2.24. The number of carbonyl (C=O) groups excluding carboxylic acids is 3. The van der Waals surface area contributed by atoms with Crippen molar-refractivity contribution < 1.29 is 27.5 Å². The molecule has 1 aliphatic heterocycles. The molecule has 0 saturated carbocycles. The Hall–Kier alpha value is -3.30. The Morgan fingerprint density at radius 1 is 1.10 bits per heavy atom. The van der Waals surface area contributed by atoms with Crippen LogP contribution in [0.15, 0.2) is 60.0 Å². The van der Waals surface area contributed by atoms with Gasteiger partial charge in [0.1, 0.15) is 6.61 Å². The number of esters is 1. The van der Waals surface area contributed by atoms with E-state index in [1.54, 1.807) is 12.1 Å². The van der Waals surface area contributed by atoms with Crippen LogP contribution >= 0.6 is 0 Å². The number of ether oxygens (including phenoxy) is 1. The first-order chi connectivity index (χ1) is 14.2. The van der Waals surface area contributed by atoms with Crippen LogP contribution in [-0.4, -0.2) is 56.0 Å². The third-order valence-electron chi connectivity index (χ3n) is 4.57. The van der Waals surface area contributed by atoms with Crippen LogP contribution in [0.5, 0.6) is 0 Å². The highest BCUT2D eigenvalue weighted by Gasteiger charge is 2.35. The fraction of sp³-hybridized carbons (Fsp3) is 0.190. The summed E-state index contributed by atoms with van der Waals surface area (Å²) in [6.45, 7) is 3.46. The van der Waals surface area contributed by atoms with E-state index in [9.17, 15) is 22.8 Å². The van der Waals surface area contributed by atoms with Crippen molar-refractivity contribution in [2.45, 2.75) is 11.5 Å². The van der Waals surface area contributed by atoms with E-state index in [1.165, 1.54) is 50.5 Å². The van der Waals surface area contributed by atoms with Gasteiger partial charge in [-0.2, -0.15) is 0 Å². The summed E-state index contributed by atoms with van der Waals surface area (Å²) in [5.74, 6) is -1.62. The number of imide groups is 1. The number of nitrogens with zero attached hydrogens (tertiary/aromatic N) is 2. The SMILES string of the molecule is C=CCN1C(=O)c2ccc(C(=O)OCc3cccc(S(=O)(=O)N(C)C)c3)cc2C1=O. The van der Waals surface area contributed by atoms with E-state index in [1.807, 2.05) is 0 Å². The van der Waals surface area contributed by atoms with Gasteiger partial charge in [0.25, 0.3) is 11.8 Å². The third-order valence-corrected chi connectivity index (χ3v) is 6.38. The topological polar surface area (TPSA) is 101 Å². The van der Waals surface area contributed by atoms with Crippen molar-refractivity contribution >= 4 is 27.8 Å². The zero-order valence-corrected chi connectivity index (χ0v) is 17.3. The summed E-state index contributed by atoms with van der Waals surface area (Å²) in [6, 6.07) is 10.2. The molecule has 0 aliphatic carbocycles. The van der Waals surface area contributed by atoms with Gasteiger partial charge in [-0.25, -0.2) is 17.5 Å². The maximum absolute atomic E-state index is 12.4. The van der Waals surface area contributed by atoms with Crippen molar-refractivity contribution in [3.8, 4) is 0 Å². The molecule has 1 heterocycles. The van der Waals surface area contributed by atoms with Crippen molar-refractivity contribution in [2.24, 2.45) is 0 Å². The van der Waals surface area contributed by atoms with Gasteiger partial charge >= 0.3 is 5.97 Å². The molecule has 0 N–H and O–H groups in total. The summed E-state index contributed by atoms with van der Waals surface area (Å²) in [5, 5.41) is 0. The molecule has 0 radical (unpaired) electrons. The molecule has 0 unspecified atom stereocenters. The van der Waals surface area contributed by atoms with Gasteiger partial charge in [-0.1, -0.05) is 18.2 Å². The Morgan fingerprint density at radius 3 is 2.47 bits per heavy atom. The molecule has 156 valence electrons. The first kappa shape index (κ1) is 21.4. The lowest BCUT2D eigenvalue weighted by atomic mass is 10.1. The Bertz CT molecular complexity index is 1150. The second-order valence-corrected chi connectivity index (χ2v) is 8.93. The molecule has 0 fully saturated rings. The van der Waals surface area contributed by atoms with E-state index < -0.39 is 27.8 Å². The van der Waals surface area contributed by atoms with Crippen LogP contribution in [0.2, 0.25) is 0 Å². The van der Waals surface area contributed by atoms with Crippen molar-refractivity contribution in [3.05, 3.63) is 77.4 Å². The van der Waals surface area contributed by atoms with Gasteiger partial charge in [0.15, 0.2) is 0 Å². The largest absolute Gasteiger partial charge is 0.457 e. The Balaban J connectivity index is 1.76. The van der Waals surface area contributed by atoms with E-state index >= 15 is 0 Å². The molecule has 2 aromatic rings. The maximum atomic E-state index is 12.4. The number of amides is 2. The molecule has 2 aromatic carbocycles. The zero-order valence-electron chi connectivity index (χ0n) is 16.5. The molecular formula is C21H20N2O6S. The quantitative estimate of drug-likeness (QED) is 0.380. The molecule has 2 amide bonds. The van der Waals surface area contributed by atoms with Crippen LogP contribution in [-0.2, 0) is 21.4 Å².